The molecule has 0 fully saturated rings. The van der Waals surface area contributed by atoms with E-state index >= 15 is 0 Å². The maximum absolute atomic E-state index is 13.7. The van der Waals surface area contributed by atoms with Crippen molar-refractivity contribution in [2.45, 2.75) is 47.1 Å². The summed E-state index contributed by atoms with van der Waals surface area (Å²) in [6, 6.07) is 3.67. The molecule has 1 aromatic heterocycles. The number of aromatic nitrogens is 1. The van der Waals surface area contributed by atoms with Crippen molar-refractivity contribution in [1.29, 1.82) is 0 Å². The summed E-state index contributed by atoms with van der Waals surface area (Å²) in [6.07, 6.45) is 1.60. The van der Waals surface area contributed by atoms with Gasteiger partial charge in [-0.25, -0.2) is 4.39 Å². The minimum absolute atomic E-state index is 0.0623. The first-order chi connectivity index (χ1) is 11.7. The molecule has 0 N–H and O–H groups in total. The Bertz CT molecular complexity index is 849. The Morgan fingerprint density at radius 2 is 1.96 bits per heavy atom. The smallest absolute Gasteiger partial charge is 0.259 e. The number of rotatable bonds is 6. The van der Waals surface area contributed by atoms with Crippen LogP contribution >= 0.6 is 0 Å². The number of pyridine rings is 1. The van der Waals surface area contributed by atoms with Gasteiger partial charge in [0.15, 0.2) is 5.75 Å². The number of carbonyl (C=O) groups excluding carboxylic acids is 1. The van der Waals surface area contributed by atoms with Crippen LogP contribution in [0.5, 0.6) is 5.75 Å². The van der Waals surface area contributed by atoms with Gasteiger partial charge in [0.1, 0.15) is 11.5 Å². The van der Waals surface area contributed by atoms with Crippen LogP contribution in [0.25, 0.3) is 10.8 Å². The lowest BCUT2D eigenvalue weighted by atomic mass is 9.96. The summed E-state index contributed by atoms with van der Waals surface area (Å²) in [5.74, 6) is -1.99. The Balaban J connectivity index is 2.83. The van der Waals surface area contributed by atoms with E-state index in [-0.39, 0.29) is 34.2 Å². The van der Waals surface area contributed by atoms with Crippen molar-refractivity contribution in [1.82, 2.24) is 4.57 Å². The van der Waals surface area contributed by atoms with E-state index in [0.717, 1.165) is 23.5 Å². The fourth-order valence-electron chi connectivity index (χ4n) is 2.68. The summed E-state index contributed by atoms with van der Waals surface area (Å²) < 4.78 is 20.5. The highest BCUT2D eigenvalue weighted by molar-refractivity contribution is 5.98. The zero-order valence-corrected chi connectivity index (χ0v) is 15.0. The number of benzene rings is 1. The van der Waals surface area contributed by atoms with E-state index in [0.29, 0.717) is 6.61 Å². The van der Waals surface area contributed by atoms with Crippen molar-refractivity contribution in [3.8, 4) is 5.75 Å². The van der Waals surface area contributed by atoms with Crippen LogP contribution < -0.4 is 15.4 Å². The van der Waals surface area contributed by atoms with Crippen molar-refractivity contribution in [2.75, 3.05) is 6.61 Å². The number of hydrogen-bond acceptors (Lipinski definition) is 4. The highest BCUT2D eigenvalue weighted by Gasteiger charge is 2.22. The first-order valence-electron chi connectivity index (χ1n) is 8.36. The molecule has 0 radical (unpaired) electrons. The van der Waals surface area contributed by atoms with Crippen molar-refractivity contribution in [3.63, 3.8) is 0 Å². The molecular weight excluding hydrogens is 325 g/mol. The van der Waals surface area contributed by atoms with E-state index in [1.807, 2.05) is 27.7 Å². The van der Waals surface area contributed by atoms with Crippen LogP contribution in [-0.2, 0) is 6.54 Å². The van der Waals surface area contributed by atoms with Crippen LogP contribution in [0.1, 0.15) is 51.0 Å². The van der Waals surface area contributed by atoms with Gasteiger partial charge in [0.25, 0.3) is 5.56 Å². The normalized spacial score (nSPS) is 11.7. The van der Waals surface area contributed by atoms with Crippen LogP contribution in [0, 0.1) is 11.2 Å². The summed E-state index contributed by atoms with van der Waals surface area (Å²) in [7, 11) is 0. The second-order valence-electron chi connectivity index (χ2n) is 7.31. The Hall–Kier alpha value is -2.37. The molecule has 0 aliphatic heterocycles. The Labute approximate surface area is 146 Å². The van der Waals surface area contributed by atoms with Gasteiger partial charge in [0.2, 0.25) is 0 Å². The SMILES string of the molecule is CCCCOc1c(C(=O)[O-])n(CC(C)(C)C)c(=O)c2cc(F)ccc12. The van der Waals surface area contributed by atoms with Gasteiger partial charge in [-0.05, 0) is 30.0 Å². The predicted octanol–water partition coefficient (Wildman–Crippen LogP) is 2.73. The predicted molar refractivity (Wildman–Crippen MR) is 92.4 cm³/mol. The van der Waals surface area contributed by atoms with Crippen LogP contribution in [0.4, 0.5) is 4.39 Å². The molecule has 0 saturated carbocycles. The van der Waals surface area contributed by atoms with Crippen LogP contribution in [0.2, 0.25) is 0 Å². The number of nitrogens with zero attached hydrogens (tertiary/aromatic N) is 1. The maximum atomic E-state index is 13.7. The van der Waals surface area contributed by atoms with Crippen LogP contribution in [-0.4, -0.2) is 17.1 Å². The summed E-state index contributed by atoms with van der Waals surface area (Å²) in [4.78, 5) is 24.6. The van der Waals surface area contributed by atoms with Crippen molar-refractivity contribution >= 4 is 16.7 Å². The lowest BCUT2D eigenvalue weighted by molar-refractivity contribution is -0.256. The number of aromatic carboxylic acids is 1. The molecule has 0 unspecified atom stereocenters. The first-order valence-corrected chi connectivity index (χ1v) is 8.36. The molecule has 2 aromatic rings. The topological polar surface area (TPSA) is 71.4 Å². The zero-order valence-electron chi connectivity index (χ0n) is 15.0. The van der Waals surface area contributed by atoms with Gasteiger partial charge in [0.05, 0.1) is 18.0 Å². The Morgan fingerprint density at radius 3 is 2.52 bits per heavy atom. The average molecular weight is 348 g/mol. The first kappa shape index (κ1) is 19.0. The fourth-order valence-corrected chi connectivity index (χ4v) is 2.68. The zero-order chi connectivity index (χ0) is 18.8. The molecule has 0 spiro atoms. The minimum Gasteiger partial charge on any atom is -0.543 e. The molecule has 1 aromatic carbocycles. The van der Waals surface area contributed by atoms with Gasteiger partial charge in [0, 0.05) is 11.9 Å². The molecule has 6 heteroatoms. The van der Waals surface area contributed by atoms with Crippen molar-refractivity contribution < 1.29 is 19.0 Å². The number of carboxylic acids is 1. The number of hydrogen-bond donors (Lipinski definition) is 0. The van der Waals surface area contributed by atoms with E-state index in [4.69, 9.17) is 4.74 Å². The van der Waals surface area contributed by atoms with Crippen molar-refractivity contribution in [2.24, 2.45) is 5.41 Å². The molecule has 0 aliphatic rings. The molecule has 1 heterocycles. The fraction of sp³-hybridized carbons (Fsp3) is 0.474. The summed E-state index contributed by atoms with van der Waals surface area (Å²) >= 11 is 0. The molecule has 5 nitrogen and oxygen atoms in total. The molecule has 25 heavy (non-hydrogen) atoms. The van der Waals surface area contributed by atoms with Gasteiger partial charge < -0.3 is 19.2 Å². The van der Waals surface area contributed by atoms with E-state index < -0.39 is 17.3 Å². The number of unbranched alkanes of at least 4 members (excludes halogenated alkanes) is 1. The summed E-state index contributed by atoms with van der Waals surface area (Å²) in [5.41, 5.74) is -1.22. The third kappa shape index (κ3) is 4.18. The summed E-state index contributed by atoms with van der Waals surface area (Å²) in [5, 5.41) is 12.2. The molecule has 2 rings (SSSR count). The van der Waals surface area contributed by atoms with E-state index in [2.05, 4.69) is 0 Å². The second-order valence-corrected chi connectivity index (χ2v) is 7.31. The molecule has 0 amide bonds. The third-order valence-electron chi connectivity index (χ3n) is 3.76. The molecule has 0 saturated heterocycles. The Morgan fingerprint density at radius 1 is 1.28 bits per heavy atom. The number of ether oxygens (including phenoxy) is 1. The monoisotopic (exact) mass is 348 g/mol. The van der Waals surface area contributed by atoms with Gasteiger partial charge in [-0.3, -0.25) is 4.79 Å². The number of halogens is 1. The molecule has 136 valence electrons. The van der Waals surface area contributed by atoms with Gasteiger partial charge >= 0.3 is 0 Å². The van der Waals surface area contributed by atoms with Crippen LogP contribution in [0.15, 0.2) is 23.0 Å². The molecule has 0 atom stereocenters. The van der Waals surface area contributed by atoms with Gasteiger partial charge in [-0.2, -0.15) is 0 Å². The quantitative estimate of drug-likeness (QED) is 0.753. The van der Waals surface area contributed by atoms with Gasteiger partial charge in [-0.1, -0.05) is 34.1 Å². The minimum atomic E-state index is -1.49. The third-order valence-corrected chi connectivity index (χ3v) is 3.76. The lowest BCUT2D eigenvalue weighted by Gasteiger charge is -2.25. The van der Waals surface area contributed by atoms with E-state index in [1.54, 1.807) is 0 Å². The second kappa shape index (κ2) is 7.25. The van der Waals surface area contributed by atoms with Crippen LogP contribution in [0.3, 0.4) is 0 Å². The van der Waals surface area contributed by atoms with E-state index in [9.17, 15) is 19.1 Å². The summed E-state index contributed by atoms with van der Waals surface area (Å²) in [6.45, 7) is 8.07. The average Bonchev–Trinajstić information content (AvgIpc) is 2.50. The largest absolute Gasteiger partial charge is 0.543 e. The molecule has 0 aliphatic carbocycles. The van der Waals surface area contributed by atoms with Gasteiger partial charge in [-0.15, -0.1) is 0 Å². The Kier molecular flexibility index (Phi) is 5.50. The lowest BCUT2D eigenvalue weighted by Crippen LogP contribution is -2.36. The molecule has 0 bridgehead atoms. The number of carboxylic acid groups (broad SMARTS) is 1. The number of fused-ring (bicyclic) bond motifs is 1. The standard InChI is InChI=1S/C19H24FNO4/c1-5-6-9-25-16-13-8-7-12(20)10-14(13)17(22)21(11-19(2,3)4)15(16)18(23)24/h7-8,10H,5-6,9,11H2,1-4H3,(H,23,24)/p-1. The maximum Gasteiger partial charge on any atom is 0.259 e. The van der Waals surface area contributed by atoms with E-state index in [1.165, 1.54) is 12.1 Å². The highest BCUT2D eigenvalue weighted by Crippen LogP contribution is 2.30. The highest BCUT2D eigenvalue weighted by atomic mass is 19.1. The number of carbonyl (C=O) groups is 1. The van der Waals surface area contributed by atoms with Crippen molar-refractivity contribution in [3.05, 3.63) is 40.1 Å². The molecular formula is C19H23FNO4-.